The molecule has 16 N–H and O–H groups in total. The number of amides is 10. The van der Waals surface area contributed by atoms with E-state index in [-0.39, 0.29) is 57.7 Å². The molecule has 0 radical (unpaired) electrons. The predicted octanol–water partition coefficient (Wildman–Crippen LogP) is -4.18. The van der Waals surface area contributed by atoms with Gasteiger partial charge in [-0.3, -0.25) is 47.9 Å². The normalized spacial score (nSPS) is 17.2. The van der Waals surface area contributed by atoms with Crippen molar-refractivity contribution in [1.82, 2.24) is 42.1 Å². The Morgan fingerprint density at radius 3 is 1.77 bits per heavy atom. The number of unbranched alkanes of at least 4 members (excludes halogenated alkanes) is 1. The van der Waals surface area contributed by atoms with Crippen LogP contribution in [0.4, 0.5) is 0 Å². The van der Waals surface area contributed by atoms with Gasteiger partial charge in [0.25, 0.3) is 0 Å². The summed E-state index contributed by atoms with van der Waals surface area (Å²) in [7, 11) is 0. The Labute approximate surface area is 373 Å². The van der Waals surface area contributed by atoms with Crippen molar-refractivity contribution in [2.45, 2.75) is 154 Å². The van der Waals surface area contributed by atoms with E-state index in [2.05, 4.69) is 37.2 Å². The van der Waals surface area contributed by atoms with Gasteiger partial charge in [0.1, 0.15) is 48.3 Å². The van der Waals surface area contributed by atoms with E-state index in [9.17, 15) is 57.8 Å². The number of rotatable bonds is 29. The summed E-state index contributed by atoms with van der Waals surface area (Å²) in [5.74, 6) is -10.0. The molecule has 1 heterocycles. The topological polar surface area (TPSA) is 400 Å². The Kier molecular flexibility index (Phi) is 24.5. The van der Waals surface area contributed by atoms with Crippen molar-refractivity contribution in [3.8, 4) is 0 Å². The molecule has 10 amide bonds. The first-order valence-electron chi connectivity index (χ1n) is 21.6. The third-order valence-corrected chi connectivity index (χ3v) is 10.6. The number of hydrogen-bond donors (Lipinski definition) is 12. The van der Waals surface area contributed by atoms with Crippen LogP contribution in [0.3, 0.4) is 0 Å². The van der Waals surface area contributed by atoms with Crippen molar-refractivity contribution in [3.63, 3.8) is 0 Å². The van der Waals surface area contributed by atoms with E-state index < -0.39 is 126 Å². The second-order valence-electron chi connectivity index (χ2n) is 16.5. The summed E-state index contributed by atoms with van der Waals surface area (Å²) in [6.45, 7) is 9.57. The van der Waals surface area contributed by atoms with Crippen molar-refractivity contribution in [1.29, 1.82) is 0 Å². The lowest BCUT2D eigenvalue weighted by Crippen LogP contribution is -2.61. The highest BCUT2D eigenvalue weighted by molar-refractivity contribution is 5.99. The summed E-state index contributed by atoms with van der Waals surface area (Å²) in [6, 6.07) is -10.3. The number of nitrogens with two attached hydrogens (primary N) is 4. The molecule has 1 aliphatic heterocycles. The van der Waals surface area contributed by atoms with Crippen LogP contribution in [0.25, 0.3) is 0 Å². The number of nitrogens with one attached hydrogen (secondary N) is 7. The number of likely N-dealkylation sites (tertiary alicyclic amines) is 1. The second kappa shape index (κ2) is 28.0. The molecule has 362 valence electrons. The first-order valence-corrected chi connectivity index (χ1v) is 21.6. The summed E-state index contributed by atoms with van der Waals surface area (Å²) >= 11 is 0. The van der Waals surface area contributed by atoms with Crippen LogP contribution in [0.2, 0.25) is 0 Å². The molecule has 0 spiro atoms. The lowest BCUT2D eigenvalue weighted by atomic mass is 9.97. The maximum atomic E-state index is 14.3. The van der Waals surface area contributed by atoms with Gasteiger partial charge >= 0.3 is 5.97 Å². The first kappa shape index (κ1) is 56.1. The zero-order valence-corrected chi connectivity index (χ0v) is 37.7. The number of carboxylic acids is 1. The van der Waals surface area contributed by atoms with E-state index in [1.807, 2.05) is 0 Å². The molecule has 1 rings (SSSR count). The lowest BCUT2D eigenvalue weighted by molar-refractivity contribution is -0.143. The fraction of sp³-hybridized carbons (Fsp3) is 0.725. The first-order chi connectivity index (χ1) is 30.0. The molecular formula is C40H70N12O12. The highest BCUT2D eigenvalue weighted by Crippen LogP contribution is 2.21. The lowest BCUT2D eigenvalue weighted by Gasteiger charge is -2.32. The Morgan fingerprint density at radius 2 is 1.22 bits per heavy atom. The Bertz CT molecular complexity index is 1680. The molecule has 0 bridgehead atoms. The highest BCUT2D eigenvalue weighted by Gasteiger charge is 2.41. The van der Waals surface area contributed by atoms with Crippen molar-refractivity contribution in [2.75, 3.05) is 19.6 Å². The third-order valence-electron chi connectivity index (χ3n) is 10.6. The molecule has 1 fully saturated rings. The van der Waals surface area contributed by atoms with Gasteiger partial charge in [-0.15, -0.1) is 0 Å². The van der Waals surface area contributed by atoms with Crippen LogP contribution in [0, 0.1) is 11.8 Å². The molecule has 0 aromatic rings. The van der Waals surface area contributed by atoms with Crippen molar-refractivity contribution in [2.24, 2.45) is 34.8 Å². The van der Waals surface area contributed by atoms with Crippen molar-refractivity contribution in [3.05, 3.63) is 0 Å². The average molecular weight is 911 g/mol. The van der Waals surface area contributed by atoms with Crippen molar-refractivity contribution < 1.29 is 57.8 Å². The number of carbonyl (C=O) groups excluding carboxylic acids is 10. The van der Waals surface area contributed by atoms with Gasteiger partial charge in [0.2, 0.25) is 59.1 Å². The molecule has 0 saturated carbocycles. The summed E-state index contributed by atoms with van der Waals surface area (Å²) in [6.07, 6.45) is 0.528. The average Bonchev–Trinajstić information content (AvgIpc) is 3.72. The summed E-state index contributed by atoms with van der Waals surface area (Å²) < 4.78 is 0. The molecule has 0 unspecified atom stereocenters. The number of nitrogens with zero attached hydrogens (tertiary/aromatic N) is 1. The molecule has 9 atom stereocenters. The van der Waals surface area contributed by atoms with E-state index in [0.29, 0.717) is 25.7 Å². The minimum Gasteiger partial charge on any atom is -0.480 e. The van der Waals surface area contributed by atoms with Gasteiger partial charge in [0.05, 0.1) is 13.0 Å². The van der Waals surface area contributed by atoms with E-state index in [1.54, 1.807) is 27.7 Å². The molecule has 0 aromatic heterocycles. The summed E-state index contributed by atoms with van der Waals surface area (Å²) in [4.78, 5) is 143. The minimum atomic E-state index is -1.58. The molecular weight excluding hydrogens is 841 g/mol. The maximum absolute atomic E-state index is 14.3. The van der Waals surface area contributed by atoms with Crippen LogP contribution < -0.4 is 60.2 Å². The van der Waals surface area contributed by atoms with Crippen molar-refractivity contribution >= 4 is 65.0 Å². The minimum absolute atomic E-state index is 0.0586. The van der Waals surface area contributed by atoms with Gasteiger partial charge in [0, 0.05) is 13.0 Å². The molecule has 1 aliphatic rings. The monoisotopic (exact) mass is 911 g/mol. The van der Waals surface area contributed by atoms with Crippen LogP contribution in [0.1, 0.15) is 106 Å². The number of aliphatic carboxylic acids is 1. The predicted molar refractivity (Wildman–Crippen MR) is 230 cm³/mol. The van der Waals surface area contributed by atoms with E-state index >= 15 is 0 Å². The zero-order valence-electron chi connectivity index (χ0n) is 37.7. The van der Waals surface area contributed by atoms with Gasteiger partial charge in [-0.05, 0) is 77.2 Å². The van der Waals surface area contributed by atoms with Crippen LogP contribution in [0.15, 0.2) is 0 Å². The molecule has 64 heavy (non-hydrogen) atoms. The quantitative estimate of drug-likeness (QED) is 0.0317. The highest BCUT2D eigenvalue weighted by atomic mass is 16.4. The number of carboxylic acid groups (broad SMARTS) is 1. The van der Waals surface area contributed by atoms with Gasteiger partial charge in [0.15, 0.2) is 0 Å². The smallest absolute Gasteiger partial charge is 0.326 e. The fourth-order valence-electron chi connectivity index (χ4n) is 6.74. The Morgan fingerprint density at radius 1 is 0.656 bits per heavy atom. The van der Waals surface area contributed by atoms with E-state index in [1.165, 1.54) is 18.7 Å². The molecule has 24 heteroatoms. The fourth-order valence-corrected chi connectivity index (χ4v) is 6.74. The van der Waals surface area contributed by atoms with Gasteiger partial charge in [-0.25, -0.2) is 4.79 Å². The largest absolute Gasteiger partial charge is 0.480 e. The molecule has 1 saturated heterocycles. The summed E-state index contributed by atoms with van der Waals surface area (Å²) in [5, 5.41) is 27.0. The third kappa shape index (κ3) is 19.2. The number of primary amides is 2. The van der Waals surface area contributed by atoms with E-state index in [0.717, 1.165) is 0 Å². The second-order valence-corrected chi connectivity index (χ2v) is 16.5. The van der Waals surface area contributed by atoms with Crippen LogP contribution in [-0.2, 0) is 52.7 Å². The maximum Gasteiger partial charge on any atom is 0.326 e. The Balaban J connectivity index is 3.34. The number of carbonyl (C=O) groups is 11. The standard InChI is InChI=1S/C40H70N12O12/c1-7-21(4)32(38(61)49-26(18-30(44)54)36(59)50-27(40(63)64)17-20(2)3)51-37(60)28-12-10-16-52(28)39(62)25(11-8-9-15-41)48-35(58)24(13-14-29(43)53)47-34(57)23(6)46-33(56)22(5)45-31(55)19-42/h20-28,32H,7-19,41-42H2,1-6H3,(H2,43,53)(H2,44,54)(H,45,55)(H,46,56)(H,47,57)(H,48,58)(H,49,61)(H,50,59)(H,51,60)(H,63,64)/t21-,22-,23-,24-,25-,26-,27-,28-,32-/m0/s1. The summed E-state index contributed by atoms with van der Waals surface area (Å²) in [5.41, 5.74) is 21.7. The van der Waals surface area contributed by atoms with Crippen LogP contribution in [0.5, 0.6) is 0 Å². The van der Waals surface area contributed by atoms with E-state index in [4.69, 9.17) is 22.9 Å². The zero-order chi connectivity index (χ0) is 48.8. The number of hydrogen-bond acceptors (Lipinski definition) is 13. The SMILES string of the molecule is CC[C@H](C)[C@H](NC(=O)[C@@H]1CCCN1C(=O)[C@H](CCCCN)NC(=O)[C@H](CCC(N)=O)NC(=O)[C@H](C)NC(=O)[C@H](C)NC(=O)CN)C(=O)N[C@@H](CC(N)=O)C(=O)N[C@@H](CC(C)C)C(=O)O. The van der Waals surface area contributed by atoms with Crippen LogP contribution in [-0.4, -0.2) is 143 Å². The Hall–Kier alpha value is -5.91. The van der Waals surface area contributed by atoms with Gasteiger partial charge < -0.3 is 70.2 Å². The van der Waals surface area contributed by atoms with Crippen LogP contribution >= 0.6 is 0 Å². The molecule has 0 aromatic carbocycles. The molecule has 0 aliphatic carbocycles. The van der Waals surface area contributed by atoms with Gasteiger partial charge in [-0.2, -0.15) is 0 Å². The van der Waals surface area contributed by atoms with Gasteiger partial charge in [-0.1, -0.05) is 34.1 Å². The molecule has 24 nitrogen and oxygen atoms in total.